The third-order valence-electron chi connectivity index (χ3n) is 2.29. The molecule has 0 aliphatic carbocycles. The maximum absolute atomic E-state index is 11.3. The molecular formula is C10H12ClNO4S. The van der Waals surface area contributed by atoms with E-state index in [1.807, 2.05) is 6.92 Å². The SMILES string of the molecule is CCCc1cc(C)c(S(=O)(=O)Cl)c([N+](=O)[O-])c1. The van der Waals surface area contributed by atoms with E-state index in [1.165, 1.54) is 13.0 Å². The van der Waals surface area contributed by atoms with Crippen molar-refractivity contribution in [2.75, 3.05) is 0 Å². The Morgan fingerprint density at radius 3 is 2.41 bits per heavy atom. The van der Waals surface area contributed by atoms with Gasteiger partial charge in [0.05, 0.1) is 4.92 Å². The van der Waals surface area contributed by atoms with E-state index in [0.717, 1.165) is 12.0 Å². The molecule has 0 aromatic heterocycles. The van der Waals surface area contributed by atoms with Crippen molar-refractivity contribution in [2.24, 2.45) is 0 Å². The predicted molar refractivity (Wildman–Crippen MR) is 64.9 cm³/mol. The molecule has 1 aromatic carbocycles. The molecule has 17 heavy (non-hydrogen) atoms. The van der Waals surface area contributed by atoms with Gasteiger partial charge in [-0.15, -0.1) is 0 Å². The summed E-state index contributed by atoms with van der Waals surface area (Å²) in [6.45, 7) is 3.44. The fourth-order valence-corrected chi connectivity index (χ4v) is 3.14. The van der Waals surface area contributed by atoms with Gasteiger partial charge >= 0.3 is 0 Å². The van der Waals surface area contributed by atoms with Gasteiger partial charge < -0.3 is 0 Å². The average Bonchev–Trinajstić information content (AvgIpc) is 2.14. The Labute approximate surface area is 104 Å². The first-order valence-electron chi connectivity index (χ1n) is 5.00. The summed E-state index contributed by atoms with van der Waals surface area (Å²) < 4.78 is 22.6. The summed E-state index contributed by atoms with van der Waals surface area (Å²) in [4.78, 5) is 9.73. The van der Waals surface area contributed by atoms with E-state index in [2.05, 4.69) is 0 Å². The van der Waals surface area contributed by atoms with Crippen LogP contribution in [-0.2, 0) is 15.5 Å². The molecule has 7 heteroatoms. The Balaban J connectivity index is 3.55. The number of aryl methyl sites for hydroxylation is 2. The van der Waals surface area contributed by atoms with Crippen LogP contribution in [0.2, 0.25) is 0 Å². The maximum atomic E-state index is 11.3. The van der Waals surface area contributed by atoms with E-state index in [-0.39, 0.29) is 0 Å². The average molecular weight is 278 g/mol. The minimum absolute atomic E-state index is 0.303. The Morgan fingerprint density at radius 2 is 2.00 bits per heavy atom. The van der Waals surface area contributed by atoms with Crippen molar-refractivity contribution in [1.29, 1.82) is 0 Å². The molecule has 0 aliphatic rings. The summed E-state index contributed by atoms with van der Waals surface area (Å²) in [7, 11) is 1.10. The van der Waals surface area contributed by atoms with Gasteiger partial charge in [0.25, 0.3) is 14.7 Å². The number of nitrogens with zero attached hydrogens (tertiary/aromatic N) is 1. The summed E-state index contributed by atoms with van der Waals surface area (Å²) in [5.74, 6) is 0. The summed E-state index contributed by atoms with van der Waals surface area (Å²) in [6, 6.07) is 2.89. The van der Waals surface area contributed by atoms with Crippen molar-refractivity contribution in [1.82, 2.24) is 0 Å². The lowest BCUT2D eigenvalue weighted by atomic mass is 10.1. The van der Waals surface area contributed by atoms with E-state index in [4.69, 9.17) is 10.7 Å². The first-order chi connectivity index (χ1) is 7.77. The van der Waals surface area contributed by atoms with Crippen LogP contribution in [0.3, 0.4) is 0 Å². The molecular weight excluding hydrogens is 266 g/mol. The Bertz CT molecular complexity index is 554. The van der Waals surface area contributed by atoms with Crippen molar-refractivity contribution in [3.05, 3.63) is 33.4 Å². The molecule has 1 rings (SSSR count). The quantitative estimate of drug-likeness (QED) is 0.482. The highest BCUT2D eigenvalue weighted by molar-refractivity contribution is 8.13. The second-order valence-electron chi connectivity index (χ2n) is 3.71. The number of nitro benzene ring substituents is 1. The van der Waals surface area contributed by atoms with Gasteiger partial charge in [0.2, 0.25) is 0 Å². The minimum Gasteiger partial charge on any atom is -0.258 e. The summed E-state index contributed by atoms with van der Waals surface area (Å²) in [5.41, 5.74) is 0.585. The normalized spacial score (nSPS) is 11.5. The summed E-state index contributed by atoms with van der Waals surface area (Å²) >= 11 is 0. The first-order valence-corrected chi connectivity index (χ1v) is 7.31. The highest BCUT2D eigenvalue weighted by Gasteiger charge is 2.27. The van der Waals surface area contributed by atoms with Crippen LogP contribution < -0.4 is 0 Å². The molecule has 0 saturated heterocycles. The molecule has 0 atom stereocenters. The van der Waals surface area contributed by atoms with E-state index in [9.17, 15) is 18.5 Å². The lowest BCUT2D eigenvalue weighted by Gasteiger charge is -2.06. The van der Waals surface area contributed by atoms with Crippen LogP contribution >= 0.6 is 10.7 Å². The Hall–Kier alpha value is -1.14. The number of hydrogen-bond donors (Lipinski definition) is 0. The van der Waals surface area contributed by atoms with Gasteiger partial charge in [-0.3, -0.25) is 10.1 Å². The van der Waals surface area contributed by atoms with Crippen LogP contribution in [0, 0.1) is 17.0 Å². The third-order valence-corrected chi connectivity index (χ3v) is 3.78. The fraction of sp³-hybridized carbons (Fsp3) is 0.400. The van der Waals surface area contributed by atoms with Gasteiger partial charge in [-0.05, 0) is 24.5 Å². The molecule has 94 valence electrons. The van der Waals surface area contributed by atoms with Crippen LogP contribution in [0.5, 0.6) is 0 Å². The second kappa shape index (κ2) is 5.01. The van der Waals surface area contributed by atoms with Crippen LogP contribution in [-0.4, -0.2) is 13.3 Å². The zero-order chi connectivity index (χ0) is 13.2. The monoisotopic (exact) mass is 277 g/mol. The molecule has 0 fully saturated rings. The first kappa shape index (κ1) is 13.9. The Morgan fingerprint density at radius 1 is 1.41 bits per heavy atom. The standard InChI is InChI=1S/C10H12ClNO4S/c1-3-4-8-5-7(2)10(17(11,15)16)9(6-8)12(13)14/h5-6H,3-4H2,1-2H3. The van der Waals surface area contributed by atoms with Gasteiger partial charge in [-0.25, -0.2) is 8.42 Å². The van der Waals surface area contributed by atoms with E-state index in [1.54, 1.807) is 6.07 Å². The molecule has 0 amide bonds. The number of benzene rings is 1. The molecule has 5 nitrogen and oxygen atoms in total. The molecule has 0 spiro atoms. The molecule has 0 unspecified atom stereocenters. The molecule has 0 radical (unpaired) electrons. The van der Waals surface area contributed by atoms with Gasteiger partial charge in [-0.1, -0.05) is 19.4 Å². The topological polar surface area (TPSA) is 77.3 Å². The van der Waals surface area contributed by atoms with Gasteiger partial charge in [0.1, 0.15) is 0 Å². The molecule has 0 N–H and O–H groups in total. The number of hydrogen-bond acceptors (Lipinski definition) is 4. The smallest absolute Gasteiger partial charge is 0.258 e. The molecule has 0 saturated carbocycles. The van der Waals surface area contributed by atoms with Crippen molar-refractivity contribution in [3.63, 3.8) is 0 Å². The largest absolute Gasteiger partial charge is 0.289 e. The molecule has 0 heterocycles. The number of halogens is 1. The van der Waals surface area contributed by atoms with E-state index in [0.29, 0.717) is 12.0 Å². The fourth-order valence-electron chi connectivity index (χ4n) is 1.71. The zero-order valence-electron chi connectivity index (χ0n) is 9.44. The lowest BCUT2D eigenvalue weighted by molar-refractivity contribution is -0.387. The van der Waals surface area contributed by atoms with Gasteiger partial charge in [0.15, 0.2) is 4.90 Å². The third kappa shape index (κ3) is 3.17. The molecule has 0 bridgehead atoms. The van der Waals surface area contributed by atoms with E-state index >= 15 is 0 Å². The van der Waals surface area contributed by atoms with Crippen molar-refractivity contribution >= 4 is 25.4 Å². The van der Waals surface area contributed by atoms with Crippen LogP contribution in [0.25, 0.3) is 0 Å². The van der Waals surface area contributed by atoms with Crippen LogP contribution in [0.1, 0.15) is 24.5 Å². The number of rotatable bonds is 4. The van der Waals surface area contributed by atoms with Gasteiger partial charge in [-0.2, -0.15) is 0 Å². The molecule has 0 aliphatic heterocycles. The van der Waals surface area contributed by atoms with Crippen molar-refractivity contribution in [2.45, 2.75) is 31.6 Å². The minimum atomic E-state index is -4.11. The van der Waals surface area contributed by atoms with Crippen LogP contribution in [0.15, 0.2) is 17.0 Å². The highest BCUT2D eigenvalue weighted by Crippen LogP contribution is 2.31. The maximum Gasteiger partial charge on any atom is 0.289 e. The van der Waals surface area contributed by atoms with Crippen molar-refractivity contribution in [3.8, 4) is 0 Å². The van der Waals surface area contributed by atoms with E-state index < -0.39 is 24.6 Å². The van der Waals surface area contributed by atoms with Crippen LogP contribution in [0.4, 0.5) is 5.69 Å². The summed E-state index contributed by atoms with van der Waals surface area (Å²) in [6.07, 6.45) is 1.48. The lowest BCUT2D eigenvalue weighted by Crippen LogP contribution is -2.03. The Kier molecular flexibility index (Phi) is 4.11. The zero-order valence-corrected chi connectivity index (χ0v) is 11.0. The van der Waals surface area contributed by atoms with Crippen molar-refractivity contribution < 1.29 is 13.3 Å². The van der Waals surface area contributed by atoms with Gasteiger partial charge in [0, 0.05) is 16.7 Å². The summed E-state index contributed by atoms with van der Waals surface area (Å²) in [5, 5.41) is 10.9. The predicted octanol–water partition coefficient (Wildman–Crippen LogP) is 2.78. The second-order valence-corrected chi connectivity index (χ2v) is 6.21. The highest BCUT2D eigenvalue weighted by atomic mass is 35.7. The molecule has 1 aromatic rings. The number of nitro groups is 1.